The number of nitrogens with zero attached hydrogens (tertiary/aromatic N) is 1. The van der Waals surface area contributed by atoms with Crippen LogP contribution in [0.15, 0.2) is 24.3 Å². The Balaban J connectivity index is 2.16. The minimum absolute atomic E-state index is 0.223. The van der Waals surface area contributed by atoms with E-state index in [0.717, 1.165) is 31.1 Å². The van der Waals surface area contributed by atoms with E-state index >= 15 is 0 Å². The van der Waals surface area contributed by atoms with Crippen LogP contribution in [0, 0.1) is 0 Å². The maximum absolute atomic E-state index is 6.03. The smallest absolute Gasteiger partial charge is 0.0426 e. The summed E-state index contributed by atoms with van der Waals surface area (Å²) in [6.45, 7) is 7.65. The van der Waals surface area contributed by atoms with Gasteiger partial charge in [0.1, 0.15) is 0 Å². The summed E-state index contributed by atoms with van der Waals surface area (Å²) in [5, 5.41) is 4.40. The molecular weight excluding hydrogens is 220 g/mol. The minimum atomic E-state index is 0.223. The highest BCUT2D eigenvalue weighted by Gasteiger charge is 2.28. The SMILES string of the molecule is CCC1(C)CN(c2cccc(Cl)c2)CCN1. The van der Waals surface area contributed by atoms with E-state index in [-0.39, 0.29) is 5.54 Å². The first-order chi connectivity index (χ1) is 7.63. The quantitative estimate of drug-likeness (QED) is 0.853. The molecule has 0 radical (unpaired) electrons. The Kier molecular flexibility index (Phi) is 3.41. The zero-order valence-electron chi connectivity index (χ0n) is 9.96. The van der Waals surface area contributed by atoms with Gasteiger partial charge >= 0.3 is 0 Å². The van der Waals surface area contributed by atoms with E-state index < -0.39 is 0 Å². The Bertz CT molecular complexity index is 367. The second-order valence-corrected chi connectivity index (χ2v) is 5.18. The highest BCUT2D eigenvalue weighted by molar-refractivity contribution is 6.30. The van der Waals surface area contributed by atoms with Crippen molar-refractivity contribution in [1.82, 2.24) is 5.32 Å². The standard InChI is InChI=1S/C13H19ClN2/c1-3-13(2)10-16(8-7-15-13)12-6-4-5-11(14)9-12/h4-6,9,15H,3,7-8,10H2,1-2H3. The molecule has 1 atom stereocenters. The first-order valence-corrected chi connectivity index (χ1v) is 6.26. The number of halogens is 1. The van der Waals surface area contributed by atoms with Crippen LogP contribution in [0.25, 0.3) is 0 Å². The predicted octanol–water partition coefficient (Wildman–Crippen LogP) is 2.92. The van der Waals surface area contributed by atoms with E-state index in [0.29, 0.717) is 0 Å². The highest BCUT2D eigenvalue weighted by Crippen LogP contribution is 2.24. The van der Waals surface area contributed by atoms with Gasteiger partial charge in [0.15, 0.2) is 0 Å². The van der Waals surface area contributed by atoms with Crippen molar-refractivity contribution >= 4 is 17.3 Å². The molecule has 1 N–H and O–H groups in total. The lowest BCUT2D eigenvalue weighted by Gasteiger charge is -2.42. The van der Waals surface area contributed by atoms with Crippen molar-refractivity contribution in [3.63, 3.8) is 0 Å². The van der Waals surface area contributed by atoms with Gasteiger partial charge in [0.2, 0.25) is 0 Å². The van der Waals surface area contributed by atoms with Crippen LogP contribution in [0.4, 0.5) is 5.69 Å². The van der Waals surface area contributed by atoms with Crippen LogP contribution in [-0.4, -0.2) is 25.2 Å². The van der Waals surface area contributed by atoms with E-state index in [4.69, 9.17) is 11.6 Å². The lowest BCUT2D eigenvalue weighted by Crippen LogP contribution is -2.58. The van der Waals surface area contributed by atoms with E-state index in [2.05, 4.69) is 30.1 Å². The maximum Gasteiger partial charge on any atom is 0.0426 e. The van der Waals surface area contributed by atoms with Crippen molar-refractivity contribution < 1.29 is 0 Å². The van der Waals surface area contributed by atoms with Gasteiger partial charge in [-0.15, -0.1) is 0 Å². The molecule has 16 heavy (non-hydrogen) atoms. The van der Waals surface area contributed by atoms with Gasteiger partial charge in [0.05, 0.1) is 0 Å². The third kappa shape index (κ3) is 2.50. The molecule has 0 aliphatic carbocycles. The van der Waals surface area contributed by atoms with Gasteiger partial charge < -0.3 is 10.2 Å². The van der Waals surface area contributed by atoms with Crippen LogP contribution in [0.5, 0.6) is 0 Å². The molecule has 1 aromatic rings. The lowest BCUT2D eigenvalue weighted by atomic mass is 9.95. The Morgan fingerprint density at radius 1 is 1.50 bits per heavy atom. The number of nitrogens with one attached hydrogen (secondary N) is 1. The zero-order valence-corrected chi connectivity index (χ0v) is 10.7. The first kappa shape index (κ1) is 11.7. The molecule has 1 aromatic carbocycles. The molecular formula is C13H19ClN2. The third-order valence-corrected chi connectivity index (χ3v) is 3.66. The number of rotatable bonds is 2. The summed E-state index contributed by atoms with van der Waals surface area (Å²) >= 11 is 6.03. The molecule has 1 heterocycles. The molecule has 0 spiro atoms. The van der Waals surface area contributed by atoms with E-state index in [1.807, 2.05) is 18.2 Å². The fourth-order valence-corrected chi connectivity index (χ4v) is 2.36. The Labute approximate surface area is 103 Å². The van der Waals surface area contributed by atoms with Gasteiger partial charge in [-0.3, -0.25) is 0 Å². The highest BCUT2D eigenvalue weighted by atomic mass is 35.5. The van der Waals surface area contributed by atoms with Gasteiger partial charge in [-0.1, -0.05) is 24.6 Å². The molecule has 88 valence electrons. The van der Waals surface area contributed by atoms with Crippen LogP contribution in [0.3, 0.4) is 0 Å². The van der Waals surface area contributed by atoms with Crippen molar-refractivity contribution in [2.45, 2.75) is 25.8 Å². The Morgan fingerprint density at radius 2 is 2.31 bits per heavy atom. The summed E-state index contributed by atoms with van der Waals surface area (Å²) in [7, 11) is 0. The van der Waals surface area contributed by atoms with Gasteiger partial charge in [0.25, 0.3) is 0 Å². The topological polar surface area (TPSA) is 15.3 Å². The number of hydrogen-bond donors (Lipinski definition) is 1. The molecule has 2 nitrogen and oxygen atoms in total. The van der Waals surface area contributed by atoms with Crippen LogP contribution >= 0.6 is 11.6 Å². The lowest BCUT2D eigenvalue weighted by molar-refractivity contribution is 0.314. The second kappa shape index (κ2) is 4.64. The largest absolute Gasteiger partial charge is 0.368 e. The molecule has 1 saturated heterocycles. The fourth-order valence-electron chi connectivity index (χ4n) is 2.18. The zero-order chi connectivity index (χ0) is 11.6. The van der Waals surface area contributed by atoms with E-state index in [1.54, 1.807) is 0 Å². The van der Waals surface area contributed by atoms with Crippen LogP contribution in [0.2, 0.25) is 5.02 Å². The second-order valence-electron chi connectivity index (χ2n) is 4.74. The Hall–Kier alpha value is -0.730. The summed E-state index contributed by atoms with van der Waals surface area (Å²) in [4.78, 5) is 2.41. The number of anilines is 1. The molecule has 1 aliphatic heterocycles. The third-order valence-electron chi connectivity index (χ3n) is 3.43. The van der Waals surface area contributed by atoms with Crippen LogP contribution < -0.4 is 10.2 Å². The molecule has 3 heteroatoms. The minimum Gasteiger partial charge on any atom is -0.368 e. The van der Waals surface area contributed by atoms with Crippen molar-refractivity contribution in [1.29, 1.82) is 0 Å². The summed E-state index contributed by atoms with van der Waals surface area (Å²) in [5.74, 6) is 0. The number of piperazine rings is 1. The summed E-state index contributed by atoms with van der Waals surface area (Å²) in [5.41, 5.74) is 1.45. The van der Waals surface area contributed by atoms with E-state index in [1.165, 1.54) is 5.69 Å². The molecule has 0 bridgehead atoms. The van der Waals surface area contributed by atoms with Crippen molar-refractivity contribution in [2.75, 3.05) is 24.5 Å². The molecule has 1 aliphatic rings. The van der Waals surface area contributed by atoms with Crippen molar-refractivity contribution in [2.24, 2.45) is 0 Å². The molecule has 0 saturated carbocycles. The monoisotopic (exact) mass is 238 g/mol. The molecule has 2 rings (SSSR count). The van der Waals surface area contributed by atoms with Crippen LogP contribution in [-0.2, 0) is 0 Å². The predicted molar refractivity (Wildman–Crippen MR) is 70.4 cm³/mol. The fraction of sp³-hybridized carbons (Fsp3) is 0.538. The van der Waals surface area contributed by atoms with Gasteiger partial charge in [-0.2, -0.15) is 0 Å². The normalized spacial score (nSPS) is 25.8. The first-order valence-electron chi connectivity index (χ1n) is 5.88. The van der Waals surface area contributed by atoms with Crippen molar-refractivity contribution in [3.8, 4) is 0 Å². The Morgan fingerprint density at radius 3 is 3.00 bits per heavy atom. The average molecular weight is 239 g/mol. The molecule has 1 unspecified atom stereocenters. The molecule has 0 amide bonds. The van der Waals surface area contributed by atoms with Gasteiger partial charge in [-0.05, 0) is 31.5 Å². The van der Waals surface area contributed by atoms with Gasteiger partial charge in [0, 0.05) is 35.9 Å². The number of benzene rings is 1. The molecule has 1 fully saturated rings. The number of hydrogen-bond acceptors (Lipinski definition) is 2. The summed E-state index contributed by atoms with van der Waals surface area (Å²) in [6.07, 6.45) is 1.14. The maximum atomic E-state index is 6.03. The van der Waals surface area contributed by atoms with E-state index in [9.17, 15) is 0 Å². The van der Waals surface area contributed by atoms with Gasteiger partial charge in [-0.25, -0.2) is 0 Å². The summed E-state index contributed by atoms with van der Waals surface area (Å²) in [6, 6.07) is 8.12. The molecule has 0 aromatic heterocycles. The average Bonchev–Trinajstić information content (AvgIpc) is 2.29. The van der Waals surface area contributed by atoms with Crippen LogP contribution in [0.1, 0.15) is 20.3 Å². The summed E-state index contributed by atoms with van der Waals surface area (Å²) < 4.78 is 0. The van der Waals surface area contributed by atoms with Crippen molar-refractivity contribution in [3.05, 3.63) is 29.3 Å².